The van der Waals surface area contributed by atoms with Gasteiger partial charge in [0.25, 0.3) is 11.5 Å². The van der Waals surface area contributed by atoms with Crippen LogP contribution in [0.15, 0.2) is 47.3 Å². The van der Waals surface area contributed by atoms with Gasteiger partial charge in [-0.1, -0.05) is 29.8 Å². The lowest BCUT2D eigenvalue weighted by Gasteiger charge is -2.12. The summed E-state index contributed by atoms with van der Waals surface area (Å²) in [6.07, 6.45) is 0. The number of halogens is 1. The number of fused-ring (bicyclic) bond motifs is 3. The molecule has 0 fully saturated rings. The van der Waals surface area contributed by atoms with Crippen LogP contribution < -0.4 is 10.9 Å². The average Bonchev–Trinajstić information content (AvgIpc) is 3.18. The highest BCUT2D eigenvalue weighted by Crippen LogP contribution is 2.18. The number of aromatic nitrogens is 4. The Hall–Kier alpha value is -3.23. The molecule has 0 unspecified atom stereocenters. The van der Waals surface area contributed by atoms with E-state index in [0.717, 1.165) is 11.1 Å². The van der Waals surface area contributed by atoms with Gasteiger partial charge in [0.15, 0.2) is 0 Å². The number of amides is 1. The van der Waals surface area contributed by atoms with Gasteiger partial charge < -0.3 is 10.1 Å². The molecule has 0 aliphatic rings. The molecular weight excluding hydrogens is 406 g/mol. The SMILES string of the molecule is COCCNC(=O)c1nc2c(=O)n(Cc3ccc(Cl)cc3)c3cc(C)ccc3n2n1. The number of aryl methyl sites for hydroxylation is 1. The van der Waals surface area contributed by atoms with Crippen LogP contribution in [-0.4, -0.2) is 45.3 Å². The Morgan fingerprint density at radius 1 is 1.17 bits per heavy atom. The first kappa shape index (κ1) is 20.1. The fourth-order valence-electron chi connectivity index (χ4n) is 3.25. The number of benzene rings is 2. The van der Waals surface area contributed by atoms with Crippen LogP contribution in [0.2, 0.25) is 5.02 Å². The van der Waals surface area contributed by atoms with Crippen molar-refractivity contribution >= 4 is 34.2 Å². The zero-order valence-electron chi connectivity index (χ0n) is 16.6. The zero-order valence-corrected chi connectivity index (χ0v) is 17.3. The molecule has 2 aromatic carbocycles. The van der Waals surface area contributed by atoms with Crippen LogP contribution in [0.4, 0.5) is 0 Å². The molecule has 0 radical (unpaired) electrons. The standard InChI is InChI=1S/C21H20ClN5O3/c1-13-3-8-16-17(11-13)26(12-14-4-6-15(22)7-5-14)21(29)19-24-18(25-27(16)19)20(28)23-9-10-30-2/h3-8,11H,9-10,12H2,1-2H3,(H,23,28). The molecule has 0 aliphatic carbocycles. The van der Waals surface area contributed by atoms with Gasteiger partial charge in [-0.25, -0.2) is 4.52 Å². The molecule has 30 heavy (non-hydrogen) atoms. The van der Waals surface area contributed by atoms with Gasteiger partial charge >= 0.3 is 0 Å². The minimum Gasteiger partial charge on any atom is -0.383 e. The lowest BCUT2D eigenvalue weighted by molar-refractivity contribution is 0.0927. The molecule has 0 bridgehead atoms. The van der Waals surface area contributed by atoms with Gasteiger partial charge in [-0.2, -0.15) is 4.98 Å². The Bertz CT molecular complexity index is 1290. The minimum atomic E-state index is -0.459. The Morgan fingerprint density at radius 3 is 2.67 bits per heavy atom. The van der Waals surface area contributed by atoms with E-state index >= 15 is 0 Å². The molecule has 0 aliphatic heterocycles. The summed E-state index contributed by atoms with van der Waals surface area (Å²) >= 11 is 5.98. The van der Waals surface area contributed by atoms with Crippen molar-refractivity contribution in [3.05, 3.63) is 74.8 Å². The van der Waals surface area contributed by atoms with Crippen LogP contribution in [0.5, 0.6) is 0 Å². The Labute approximate surface area is 177 Å². The van der Waals surface area contributed by atoms with Crippen LogP contribution >= 0.6 is 11.6 Å². The summed E-state index contributed by atoms with van der Waals surface area (Å²) in [6, 6.07) is 13.0. The molecular formula is C21H20ClN5O3. The molecule has 1 amide bonds. The molecule has 1 N–H and O–H groups in total. The van der Waals surface area contributed by atoms with Crippen molar-refractivity contribution in [1.29, 1.82) is 0 Å². The normalized spacial score (nSPS) is 11.3. The van der Waals surface area contributed by atoms with E-state index < -0.39 is 5.91 Å². The summed E-state index contributed by atoms with van der Waals surface area (Å²) in [6.45, 7) is 2.99. The lowest BCUT2D eigenvalue weighted by Crippen LogP contribution is -2.28. The number of hydrogen-bond acceptors (Lipinski definition) is 5. The summed E-state index contributed by atoms with van der Waals surface area (Å²) < 4.78 is 8.00. The van der Waals surface area contributed by atoms with Crippen molar-refractivity contribution < 1.29 is 9.53 Å². The van der Waals surface area contributed by atoms with Crippen molar-refractivity contribution in [2.24, 2.45) is 0 Å². The maximum atomic E-state index is 13.3. The summed E-state index contributed by atoms with van der Waals surface area (Å²) in [4.78, 5) is 29.9. The Kier molecular flexibility index (Phi) is 5.52. The van der Waals surface area contributed by atoms with Gasteiger partial charge in [0.1, 0.15) is 0 Å². The van der Waals surface area contributed by atoms with E-state index in [-0.39, 0.29) is 17.0 Å². The number of hydrogen-bond donors (Lipinski definition) is 1. The minimum absolute atomic E-state index is 0.0608. The van der Waals surface area contributed by atoms with Gasteiger partial charge in [-0.3, -0.25) is 14.2 Å². The molecule has 9 heteroatoms. The largest absolute Gasteiger partial charge is 0.383 e. The number of carbonyl (C=O) groups is 1. The quantitative estimate of drug-likeness (QED) is 0.479. The third-order valence-corrected chi connectivity index (χ3v) is 4.99. The van der Waals surface area contributed by atoms with Crippen molar-refractivity contribution in [2.45, 2.75) is 13.5 Å². The van der Waals surface area contributed by atoms with E-state index in [1.54, 1.807) is 23.8 Å². The van der Waals surface area contributed by atoms with E-state index in [1.807, 2.05) is 37.3 Å². The molecule has 0 saturated heterocycles. The van der Waals surface area contributed by atoms with E-state index in [4.69, 9.17) is 16.3 Å². The highest BCUT2D eigenvalue weighted by molar-refractivity contribution is 6.30. The van der Waals surface area contributed by atoms with Gasteiger partial charge in [0, 0.05) is 18.7 Å². The van der Waals surface area contributed by atoms with Crippen LogP contribution in [0.1, 0.15) is 21.7 Å². The van der Waals surface area contributed by atoms with Gasteiger partial charge in [-0.15, -0.1) is 5.10 Å². The summed E-state index contributed by atoms with van der Waals surface area (Å²) in [5, 5.41) is 7.59. The molecule has 4 aromatic rings. The third kappa shape index (κ3) is 3.79. The number of methoxy groups -OCH3 is 1. The second kappa shape index (κ2) is 8.25. The fourth-order valence-corrected chi connectivity index (χ4v) is 3.37. The van der Waals surface area contributed by atoms with Crippen LogP contribution in [0.3, 0.4) is 0 Å². The summed E-state index contributed by atoms with van der Waals surface area (Å²) in [7, 11) is 1.55. The molecule has 2 heterocycles. The predicted molar refractivity (Wildman–Crippen MR) is 114 cm³/mol. The second-order valence-corrected chi connectivity index (χ2v) is 7.37. The first-order chi connectivity index (χ1) is 14.5. The van der Waals surface area contributed by atoms with Gasteiger partial charge in [0.05, 0.1) is 24.2 Å². The van der Waals surface area contributed by atoms with E-state index in [2.05, 4.69) is 15.4 Å². The highest BCUT2D eigenvalue weighted by atomic mass is 35.5. The highest BCUT2D eigenvalue weighted by Gasteiger charge is 2.19. The fraction of sp³-hybridized carbons (Fsp3) is 0.238. The number of nitrogens with zero attached hydrogens (tertiary/aromatic N) is 4. The smallest absolute Gasteiger partial charge is 0.296 e. The van der Waals surface area contributed by atoms with Crippen LogP contribution in [0, 0.1) is 6.92 Å². The third-order valence-electron chi connectivity index (χ3n) is 4.74. The molecule has 2 aromatic heterocycles. The van der Waals surface area contributed by atoms with Crippen molar-refractivity contribution in [2.75, 3.05) is 20.3 Å². The van der Waals surface area contributed by atoms with Crippen molar-refractivity contribution in [3.8, 4) is 0 Å². The molecule has 0 spiro atoms. The zero-order chi connectivity index (χ0) is 21.3. The molecule has 8 nitrogen and oxygen atoms in total. The Morgan fingerprint density at radius 2 is 1.93 bits per heavy atom. The topological polar surface area (TPSA) is 90.5 Å². The molecule has 0 saturated carbocycles. The van der Waals surface area contributed by atoms with Crippen LogP contribution in [-0.2, 0) is 11.3 Å². The first-order valence-electron chi connectivity index (χ1n) is 9.39. The molecule has 4 rings (SSSR count). The number of ether oxygens (including phenoxy) is 1. The van der Waals surface area contributed by atoms with E-state index in [1.165, 1.54) is 4.52 Å². The number of rotatable bonds is 6. The van der Waals surface area contributed by atoms with E-state index in [0.29, 0.717) is 35.8 Å². The Balaban J connectivity index is 1.86. The monoisotopic (exact) mass is 425 g/mol. The lowest BCUT2D eigenvalue weighted by atomic mass is 10.2. The molecule has 154 valence electrons. The summed E-state index contributed by atoms with van der Waals surface area (Å²) in [5.41, 5.74) is 3.09. The first-order valence-corrected chi connectivity index (χ1v) is 9.77. The van der Waals surface area contributed by atoms with Gasteiger partial charge in [-0.05, 0) is 42.3 Å². The number of nitrogens with one attached hydrogen (secondary N) is 1. The second-order valence-electron chi connectivity index (χ2n) is 6.93. The van der Waals surface area contributed by atoms with E-state index in [9.17, 15) is 9.59 Å². The van der Waals surface area contributed by atoms with Crippen LogP contribution in [0.25, 0.3) is 16.7 Å². The maximum Gasteiger partial charge on any atom is 0.296 e. The number of carbonyl (C=O) groups excluding carboxylic acids is 1. The predicted octanol–water partition coefficient (Wildman–Crippen LogP) is 2.43. The van der Waals surface area contributed by atoms with Gasteiger partial charge in [0.2, 0.25) is 11.5 Å². The van der Waals surface area contributed by atoms with Crippen molar-refractivity contribution in [3.63, 3.8) is 0 Å². The molecule has 0 atom stereocenters. The van der Waals surface area contributed by atoms with Crippen molar-refractivity contribution in [1.82, 2.24) is 24.5 Å². The average molecular weight is 426 g/mol. The maximum absolute atomic E-state index is 13.3. The summed E-state index contributed by atoms with van der Waals surface area (Å²) in [5.74, 6) is -0.519.